The van der Waals surface area contributed by atoms with Crippen LogP contribution in [0, 0.1) is 12.8 Å². The normalized spacial score (nSPS) is 14.5. The lowest BCUT2D eigenvalue weighted by Gasteiger charge is -2.31. The van der Waals surface area contributed by atoms with Crippen LogP contribution in [0.15, 0.2) is 41.3 Å². The van der Waals surface area contributed by atoms with Gasteiger partial charge in [0, 0.05) is 49.1 Å². The van der Waals surface area contributed by atoms with E-state index >= 15 is 0 Å². The average Bonchev–Trinajstić information content (AvgIpc) is 2.74. The summed E-state index contributed by atoms with van der Waals surface area (Å²) in [6.07, 6.45) is 0. The van der Waals surface area contributed by atoms with E-state index in [1.165, 1.54) is 12.1 Å². The Morgan fingerprint density at radius 1 is 1.16 bits per heavy atom. The van der Waals surface area contributed by atoms with Gasteiger partial charge >= 0.3 is 0 Å². The summed E-state index contributed by atoms with van der Waals surface area (Å²) in [6.45, 7) is 9.60. The van der Waals surface area contributed by atoms with Gasteiger partial charge in [-0.05, 0) is 48.7 Å². The molecule has 3 rings (SSSR count). The second kappa shape index (κ2) is 9.89. The number of nitrogens with zero attached hydrogens (tertiary/aromatic N) is 1. The van der Waals surface area contributed by atoms with Crippen LogP contribution in [0.2, 0.25) is 5.02 Å². The standard InChI is InChI=1S/C22H29ClN4O3S/c1-15(2)14-25-22(28)19-12-17(5-7-21(19)27-10-8-24-9-11-27)26-31(29,30)18-6-4-16(3)20(23)13-18/h4-7,12-13,15,24,26H,8-11,14H2,1-3H3,(H,25,28). The van der Waals surface area contributed by atoms with Crippen LogP contribution in [-0.2, 0) is 10.0 Å². The Labute approximate surface area is 189 Å². The number of piperazine rings is 1. The molecule has 0 radical (unpaired) electrons. The molecule has 31 heavy (non-hydrogen) atoms. The van der Waals surface area contributed by atoms with Crippen LogP contribution in [0.3, 0.4) is 0 Å². The first-order valence-electron chi connectivity index (χ1n) is 10.3. The molecule has 0 unspecified atom stereocenters. The lowest BCUT2D eigenvalue weighted by Crippen LogP contribution is -2.44. The predicted molar refractivity (Wildman–Crippen MR) is 126 cm³/mol. The lowest BCUT2D eigenvalue weighted by molar-refractivity contribution is 0.0949. The molecule has 7 nitrogen and oxygen atoms in total. The van der Waals surface area contributed by atoms with Gasteiger partial charge in [-0.25, -0.2) is 8.42 Å². The van der Waals surface area contributed by atoms with Crippen molar-refractivity contribution >= 4 is 38.9 Å². The average molecular weight is 465 g/mol. The molecule has 0 atom stereocenters. The fraction of sp³-hybridized carbons (Fsp3) is 0.409. The number of nitrogens with one attached hydrogen (secondary N) is 3. The second-order valence-electron chi connectivity index (χ2n) is 8.09. The van der Waals surface area contributed by atoms with Crippen molar-refractivity contribution in [3.8, 4) is 0 Å². The number of rotatable bonds is 7. The Hall–Kier alpha value is -2.29. The fourth-order valence-corrected chi connectivity index (χ4v) is 4.63. The number of amides is 1. The Morgan fingerprint density at radius 2 is 1.87 bits per heavy atom. The zero-order valence-electron chi connectivity index (χ0n) is 18.0. The highest BCUT2D eigenvalue weighted by Crippen LogP contribution is 2.27. The third-order valence-electron chi connectivity index (χ3n) is 5.08. The van der Waals surface area contributed by atoms with Gasteiger partial charge in [0.05, 0.1) is 10.5 Å². The molecular formula is C22H29ClN4O3S. The molecule has 1 amide bonds. The predicted octanol–water partition coefficient (Wildman–Crippen LogP) is 3.24. The summed E-state index contributed by atoms with van der Waals surface area (Å²) >= 11 is 6.10. The summed E-state index contributed by atoms with van der Waals surface area (Å²) in [5.41, 5.74) is 2.36. The minimum Gasteiger partial charge on any atom is -0.368 e. The Balaban J connectivity index is 1.92. The van der Waals surface area contributed by atoms with Gasteiger partial charge in [-0.1, -0.05) is 31.5 Å². The van der Waals surface area contributed by atoms with Crippen molar-refractivity contribution in [2.75, 3.05) is 42.3 Å². The molecule has 0 saturated carbocycles. The smallest absolute Gasteiger partial charge is 0.261 e. The molecule has 168 valence electrons. The van der Waals surface area contributed by atoms with Gasteiger partial charge in [0.25, 0.3) is 15.9 Å². The quantitative estimate of drug-likeness (QED) is 0.585. The molecule has 1 heterocycles. The molecule has 1 fully saturated rings. The molecule has 2 aromatic carbocycles. The SMILES string of the molecule is Cc1ccc(S(=O)(=O)Nc2ccc(N3CCNCC3)c(C(=O)NCC(C)C)c2)cc1Cl. The number of anilines is 2. The van der Waals surface area contributed by atoms with Crippen LogP contribution in [0.4, 0.5) is 11.4 Å². The number of hydrogen-bond acceptors (Lipinski definition) is 5. The van der Waals surface area contributed by atoms with Crippen molar-refractivity contribution in [1.29, 1.82) is 0 Å². The highest BCUT2D eigenvalue weighted by atomic mass is 35.5. The Kier molecular flexibility index (Phi) is 7.46. The van der Waals surface area contributed by atoms with Crippen molar-refractivity contribution in [2.24, 2.45) is 5.92 Å². The molecule has 0 spiro atoms. The minimum absolute atomic E-state index is 0.0695. The molecule has 0 bridgehead atoms. The van der Waals surface area contributed by atoms with E-state index in [4.69, 9.17) is 11.6 Å². The Morgan fingerprint density at radius 3 is 2.52 bits per heavy atom. The van der Waals surface area contributed by atoms with E-state index in [1.807, 2.05) is 20.8 Å². The molecule has 3 N–H and O–H groups in total. The first-order chi connectivity index (χ1) is 14.7. The molecule has 1 saturated heterocycles. The number of sulfonamides is 1. The number of aryl methyl sites for hydroxylation is 1. The fourth-order valence-electron chi connectivity index (χ4n) is 3.31. The molecule has 9 heteroatoms. The third-order valence-corrected chi connectivity index (χ3v) is 6.86. The lowest BCUT2D eigenvalue weighted by atomic mass is 10.1. The molecule has 1 aliphatic heterocycles. The number of halogens is 1. The van der Waals surface area contributed by atoms with E-state index in [0.29, 0.717) is 28.7 Å². The summed E-state index contributed by atoms with van der Waals surface area (Å²) in [7, 11) is -3.85. The van der Waals surface area contributed by atoms with Crippen LogP contribution >= 0.6 is 11.6 Å². The maximum Gasteiger partial charge on any atom is 0.261 e. The topological polar surface area (TPSA) is 90.5 Å². The van der Waals surface area contributed by atoms with E-state index < -0.39 is 10.0 Å². The monoisotopic (exact) mass is 464 g/mol. The molecule has 0 aromatic heterocycles. The first kappa shape index (κ1) is 23.4. The highest BCUT2D eigenvalue weighted by molar-refractivity contribution is 7.92. The summed E-state index contributed by atoms with van der Waals surface area (Å²) in [4.78, 5) is 15.1. The van der Waals surface area contributed by atoms with Crippen LogP contribution in [0.1, 0.15) is 29.8 Å². The van der Waals surface area contributed by atoms with Crippen molar-refractivity contribution in [3.63, 3.8) is 0 Å². The summed E-state index contributed by atoms with van der Waals surface area (Å²) in [6, 6.07) is 9.68. The van der Waals surface area contributed by atoms with Crippen LogP contribution in [0.25, 0.3) is 0 Å². The number of carbonyl (C=O) groups is 1. The van der Waals surface area contributed by atoms with Gasteiger partial charge < -0.3 is 15.5 Å². The summed E-state index contributed by atoms with van der Waals surface area (Å²) in [5, 5.41) is 6.62. The van der Waals surface area contributed by atoms with Crippen molar-refractivity contribution in [2.45, 2.75) is 25.7 Å². The summed E-state index contributed by atoms with van der Waals surface area (Å²) in [5.74, 6) is 0.0845. The van der Waals surface area contributed by atoms with E-state index in [0.717, 1.165) is 37.4 Å². The largest absolute Gasteiger partial charge is 0.368 e. The van der Waals surface area contributed by atoms with Crippen molar-refractivity contribution in [1.82, 2.24) is 10.6 Å². The summed E-state index contributed by atoms with van der Waals surface area (Å²) < 4.78 is 28.3. The van der Waals surface area contributed by atoms with Crippen LogP contribution < -0.4 is 20.3 Å². The first-order valence-corrected chi connectivity index (χ1v) is 12.2. The number of benzene rings is 2. The van der Waals surface area contributed by atoms with Gasteiger partial charge in [-0.2, -0.15) is 0 Å². The maximum absolute atomic E-state index is 12.9. The van der Waals surface area contributed by atoms with Gasteiger partial charge in [0.2, 0.25) is 0 Å². The zero-order chi connectivity index (χ0) is 22.6. The number of carbonyl (C=O) groups excluding carboxylic acids is 1. The van der Waals surface area contributed by atoms with Gasteiger partial charge in [-0.15, -0.1) is 0 Å². The zero-order valence-corrected chi connectivity index (χ0v) is 19.6. The molecule has 1 aliphatic rings. The van der Waals surface area contributed by atoms with E-state index in [2.05, 4.69) is 20.3 Å². The number of hydrogen-bond donors (Lipinski definition) is 3. The maximum atomic E-state index is 12.9. The molecule has 0 aliphatic carbocycles. The highest BCUT2D eigenvalue weighted by Gasteiger charge is 2.21. The minimum atomic E-state index is -3.85. The molecule has 2 aromatic rings. The van der Waals surface area contributed by atoms with Crippen molar-refractivity contribution in [3.05, 3.63) is 52.5 Å². The van der Waals surface area contributed by atoms with E-state index in [1.54, 1.807) is 24.3 Å². The Bertz CT molecular complexity index is 1050. The van der Waals surface area contributed by atoms with Gasteiger partial charge in [0.1, 0.15) is 0 Å². The van der Waals surface area contributed by atoms with Crippen molar-refractivity contribution < 1.29 is 13.2 Å². The van der Waals surface area contributed by atoms with Crippen LogP contribution in [-0.4, -0.2) is 47.0 Å². The third kappa shape index (κ3) is 5.90. The molecular weight excluding hydrogens is 436 g/mol. The van der Waals surface area contributed by atoms with E-state index in [-0.39, 0.29) is 10.8 Å². The van der Waals surface area contributed by atoms with Gasteiger partial charge in [0.15, 0.2) is 0 Å². The van der Waals surface area contributed by atoms with Gasteiger partial charge in [-0.3, -0.25) is 9.52 Å². The van der Waals surface area contributed by atoms with Crippen LogP contribution in [0.5, 0.6) is 0 Å². The second-order valence-corrected chi connectivity index (χ2v) is 10.2. The van der Waals surface area contributed by atoms with E-state index in [9.17, 15) is 13.2 Å².